The first kappa shape index (κ1) is 13.8. The third-order valence-corrected chi connectivity index (χ3v) is 4.76. The molecule has 1 saturated heterocycles. The van der Waals surface area contributed by atoms with Gasteiger partial charge >= 0.3 is 0 Å². The highest BCUT2D eigenvalue weighted by Gasteiger charge is 2.34. The van der Waals surface area contributed by atoms with Crippen LogP contribution >= 0.6 is 11.3 Å². The van der Waals surface area contributed by atoms with Gasteiger partial charge in [0.05, 0.1) is 12.6 Å². The normalized spacial score (nSPS) is 22.1. The summed E-state index contributed by atoms with van der Waals surface area (Å²) in [6, 6.07) is 0.0818. The lowest BCUT2D eigenvalue weighted by atomic mass is 10.2. The third-order valence-electron chi connectivity index (χ3n) is 4.07. The standard InChI is InChI=1S/C14H17N5O2S/c20-11(16-14-15-5-7-22-14)8-19-6-1-2-10(19)12-17-13(21-18-12)9-3-4-9/h5,7,9-10H,1-4,6,8H2,(H,15,16,20)/t10-/m1/s1. The van der Waals surface area contributed by atoms with Gasteiger partial charge in [-0.15, -0.1) is 11.3 Å². The molecule has 1 saturated carbocycles. The van der Waals surface area contributed by atoms with E-state index < -0.39 is 0 Å². The maximum Gasteiger partial charge on any atom is 0.240 e. The fraction of sp³-hybridized carbons (Fsp3) is 0.571. The SMILES string of the molecule is O=C(CN1CCC[C@@H]1c1noc(C2CC2)n1)Nc1nccs1. The molecule has 3 heterocycles. The van der Waals surface area contributed by atoms with Crippen molar-refractivity contribution in [2.24, 2.45) is 0 Å². The summed E-state index contributed by atoms with van der Waals surface area (Å²) in [5.74, 6) is 1.90. The molecule has 116 valence electrons. The second-order valence-electron chi connectivity index (χ2n) is 5.78. The number of hydrogen-bond acceptors (Lipinski definition) is 7. The average molecular weight is 319 g/mol. The summed E-state index contributed by atoms with van der Waals surface area (Å²) in [7, 11) is 0. The number of carbonyl (C=O) groups is 1. The van der Waals surface area contributed by atoms with E-state index >= 15 is 0 Å². The number of aromatic nitrogens is 3. The van der Waals surface area contributed by atoms with Crippen molar-refractivity contribution in [3.8, 4) is 0 Å². The molecule has 2 aromatic heterocycles. The lowest BCUT2D eigenvalue weighted by molar-refractivity contribution is -0.117. The molecule has 1 N–H and O–H groups in total. The maximum absolute atomic E-state index is 12.1. The Bertz CT molecular complexity index is 652. The Labute approximate surface area is 131 Å². The zero-order valence-corrected chi connectivity index (χ0v) is 12.9. The predicted octanol–water partition coefficient (Wildman–Crippen LogP) is 2.18. The van der Waals surface area contributed by atoms with Gasteiger partial charge in [0, 0.05) is 17.5 Å². The van der Waals surface area contributed by atoms with Crippen molar-refractivity contribution < 1.29 is 9.32 Å². The molecule has 2 fully saturated rings. The Morgan fingerprint density at radius 3 is 3.14 bits per heavy atom. The molecule has 0 radical (unpaired) electrons. The smallest absolute Gasteiger partial charge is 0.240 e. The van der Waals surface area contributed by atoms with Crippen LogP contribution in [0.3, 0.4) is 0 Å². The number of nitrogens with one attached hydrogen (secondary N) is 1. The van der Waals surface area contributed by atoms with Crippen LogP contribution in [0.5, 0.6) is 0 Å². The minimum absolute atomic E-state index is 0.0484. The van der Waals surface area contributed by atoms with E-state index in [1.54, 1.807) is 6.20 Å². The van der Waals surface area contributed by atoms with Crippen LogP contribution < -0.4 is 5.32 Å². The molecule has 0 bridgehead atoms. The minimum Gasteiger partial charge on any atom is -0.339 e. The molecule has 7 nitrogen and oxygen atoms in total. The van der Waals surface area contributed by atoms with E-state index in [1.165, 1.54) is 11.3 Å². The van der Waals surface area contributed by atoms with Gasteiger partial charge in [-0.05, 0) is 32.2 Å². The second kappa shape index (κ2) is 5.77. The fourth-order valence-electron chi connectivity index (χ4n) is 2.81. The molecule has 2 aromatic rings. The van der Waals surface area contributed by atoms with Gasteiger partial charge < -0.3 is 9.84 Å². The second-order valence-corrected chi connectivity index (χ2v) is 6.67. The number of rotatable bonds is 5. The Hall–Kier alpha value is -1.80. The Kier molecular flexibility index (Phi) is 3.63. The van der Waals surface area contributed by atoms with Crippen molar-refractivity contribution in [2.75, 3.05) is 18.4 Å². The number of anilines is 1. The number of nitrogens with zero attached hydrogens (tertiary/aromatic N) is 4. The first-order chi connectivity index (χ1) is 10.8. The van der Waals surface area contributed by atoms with Gasteiger partial charge in [-0.1, -0.05) is 5.16 Å². The van der Waals surface area contributed by atoms with Crippen molar-refractivity contribution in [3.63, 3.8) is 0 Å². The summed E-state index contributed by atoms with van der Waals surface area (Å²) >= 11 is 1.42. The molecule has 1 aliphatic carbocycles. The van der Waals surface area contributed by atoms with Crippen molar-refractivity contribution in [2.45, 2.75) is 37.6 Å². The molecular formula is C14H17N5O2S. The average Bonchev–Trinajstić information content (AvgIpc) is 2.95. The fourth-order valence-corrected chi connectivity index (χ4v) is 3.36. The van der Waals surface area contributed by atoms with Crippen molar-refractivity contribution in [1.29, 1.82) is 0 Å². The van der Waals surface area contributed by atoms with Gasteiger partial charge in [-0.25, -0.2) is 4.98 Å². The zero-order chi connectivity index (χ0) is 14.9. The maximum atomic E-state index is 12.1. The Balaban J connectivity index is 1.40. The molecule has 4 rings (SSSR count). The van der Waals surface area contributed by atoms with Crippen molar-refractivity contribution >= 4 is 22.4 Å². The van der Waals surface area contributed by atoms with Crippen LogP contribution in [-0.2, 0) is 4.79 Å². The summed E-state index contributed by atoms with van der Waals surface area (Å²) in [6.07, 6.45) is 5.98. The summed E-state index contributed by atoms with van der Waals surface area (Å²) in [4.78, 5) is 22.8. The Morgan fingerprint density at radius 2 is 2.36 bits per heavy atom. The van der Waals surface area contributed by atoms with Crippen LogP contribution in [0.25, 0.3) is 0 Å². The van der Waals surface area contributed by atoms with E-state index in [2.05, 4.69) is 25.3 Å². The third kappa shape index (κ3) is 2.89. The minimum atomic E-state index is -0.0484. The van der Waals surface area contributed by atoms with Gasteiger partial charge in [0.25, 0.3) is 0 Å². The molecule has 8 heteroatoms. The van der Waals surface area contributed by atoms with Crippen LogP contribution in [0.4, 0.5) is 5.13 Å². The summed E-state index contributed by atoms with van der Waals surface area (Å²) in [5.41, 5.74) is 0. The molecule has 2 aliphatic rings. The van der Waals surface area contributed by atoms with Crippen molar-refractivity contribution in [3.05, 3.63) is 23.3 Å². The number of hydrogen-bond donors (Lipinski definition) is 1. The summed E-state index contributed by atoms with van der Waals surface area (Å²) in [6.45, 7) is 1.21. The number of carbonyl (C=O) groups excluding carboxylic acids is 1. The molecule has 22 heavy (non-hydrogen) atoms. The highest BCUT2D eigenvalue weighted by molar-refractivity contribution is 7.13. The monoisotopic (exact) mass is 319 g/mol. The lowest BCUT2D eigenvalue weighted by Gasteiger charge is -2.20. The topological polar surface area (TPSA) is 84.2 Å². The highest BCUT2D eigenvalue weighted by Crippen LogP contribution is 2.40. The van der Waals surface area contributed by atoms with Crippen LogP contribution in [0.1, 0.15) is 49.4 Å². The lowest BCUT2D eigenvalue weighted by Crippen LogP contribution is -2.33. The first-order valence-corrected chi connectivity index (χ1v) is 8.44. The highest BCUT2D eigenvalue weighted by atomic mass is 32.1. The predicted molar refractivity (Wildman–Crippen MR) is 80.6 cm³/mol. The zero-order valence-electron chi connectivity index (χ0n) is 12.1. The molecule has 0 aromatic carbocycles. The molecule has 1 aliphatic heterocycles. The Morgan fingerprint density at radius 1 is 1.45 bits per heavy atom. The van der Waals surface area contributed by atoms with E-state index in [1.807, 2.05) is 5.38 Å². The van der Waals surface area contributed by atoms with Gasteiger partial charge in [0.2, 0.25) is 11.8 Å². The van der Waals surface area contributed by atoms with E-state index in [-0.39, 0.29) is 11.9 Å². The van der Waals surface area contributed by atoms with Gasteiger partial charge in [0.15, 0.2) is 11.0 Å². The number of amides is 1. The van der Waals surface area contributed by atoms with Crippen molar-refractivity contribution in [1.82, 2.24) is 20.0 Å². The van der Waals surface area contributed by atoms with E-state index in [4.69, 9.17) is 4.52 Å². The van der Waals surface area contributed by atoms with Crippen LogP contribution in [0.2, 0.25) is 0 Å². The number of likely N-dealkylation sites (tertiary alicyclic amines) is 1. The van der Waals surface area contributed by atoms with Crippen LogP contribution in [0.15, 0.2) is 16.1 Å². The molecule has 1 amide bonds. The molecule has 0 unspecified atom stereocenters. The first-order valence-electron chi connectivity index (χ1n) is 7.56. The van der Waals surface area contributed by atoms with Gasteiger partial charge in [-0.2, -0.15) is 4.98 Å². The van der Waals surface area contributed by atoms with Crippen LogP contribution in [-0.4, -0.2) is 39.0 Å². The van der Waals surface area contributed by atoms with E-state index in [9.17, 15) is 4.79 Å². The van der Waals surface area contributed by atoms with E-state index in [0.29, 0.717) is 17.6 Å². The quantitative estimate of drug-likeness (QED) is 0.909. The summed E-state index contributed by atoms with van der Waals surface area (Å²) in [5, 5.41) is 9.42. The van der Waals surface area contributed by atoms with E-state index in [0.717, 1.165) is 43.9 Å². The van der Waals surface area contributed by atoms with Crippen LogP contribution in [0, 0.1) is 0 Å². The summed E-state index contributed by atoms with van der Waals surface area (Å²) < 4.78 is 5.34. The van der Waals surface area contributed by atoms with Gasteiger partial charge in [0.1, 0.15) is 0 Å². The molecular weight excluding hydrogens is 302 g/mol. The molecule has 1 atom stereocenters. The van der Waals surface area contributed by atoms with Gasteiger partial charge in [-0.3, -0.25) is 9.69 Å². The number of thiazole rings is 1. The molecule has 0 spiro atoms. The largest absolute Gasteiger partial charge is 0.339 e.